The lowest BCUT2D eigenvalue weighted by molar-refractivity contribution is -0.135. The Labute approximate surface area is 194 Å². The van der Waals surface area contributed by atoms with Crippen molar-refractivity contribution in [1.82, 2.24) is 0 Å². The van der Waals surface area contributed by atoms with Crippen molar-refractivity contribution in [1.29, 1.82) is 0 Å². The molecule has 172 valence electrons. The van der Waals surface area contributed by atoms with Gasteiger partial charge in [0.1, 0.15) is 17.6 Å². The molecule has 3 atom stereocenters. The average molecular weight is 447 g/mol. The van der Waals surface area contributed by atoms with Gasteiger partial charge in [0.2, 0.25) is 5.75 Å². The summed E-state index contributed by atoms with van der Waals surface area (Å²) in [6.45, 7) is 4.30. The number of hydrogen-bond donors (Lipinski definition) is 0. The van der Waals surface area contributed by atoms with Gasteiger partial charge in [0.15, 0.2) is 11.5 Å². The zero-order valence-corrected chi connectivity index (χ0v) is 19.8. The Morgan fingerprint density at radius 3 is 2.30 bits per heavy atom. The van der Waals surface area contributed by atoms with E-state index in [0.717, 1.165) is 34.1 Å². The van der Waals surface area contributed by atoms with Crippen LogP contribution in [-0.2, 0) is 4.79 Å². The van der Waals surface area contributed by atoms with Crippen LogP contribution in [0.2, 0.25) is 0 Å². The Bertz CT molecular complexity index is 1200. The van der Waals surface area contributed by atoms with E-state index >= 15 is 0 Å². The molecule has 1 heterocycles. The van der Waals surface area contributed by atoms with E-state index < -0.39 is 0 Å². The van der Waals surface area contributed by atoms with Gasteiger partial charge in [-0.05, 0) is 46.4 Å². The van der Waals surface area contributed by atoms with Gasteiger partial charge >= 0.3 is 0 Å². The maximum absolute atomic E-state index is 13.6. The number of fused-ring (bicyclic) bond motifs is 4. The predicted octanol–water partition coefficient (Wildman–Crippen LogP) is 5.76. The van der Waals surface area contributed by atoms with Gasteiger partial charge in [-0.1, -0.05) is 44.2 Å². The second kappa shape index (κ2) is 7.98. The highest BCUT2D eigenvalue weighted by molar-refractivity contribution is 5.92. The molecule has 3 aromatic carbocycles. The summed E-state index contributed by atoms with van der Waals surface area (Å²) in [5.74, 6) is 2.34. The van der Waals surface area contributed by atoms with Gasteiger partial charge in [0.05, 0.1) is 27.2 Å². The highest BCUT2D eigenvalue weighted by Gasteiger charge is 2.50. The van der Waals surface area contributed by atoms with Gasteiger partial charge in [0.25, 0.3) is 0 Å². The van der Waals surface area contributed by atoms with E-state index in [1.54, 1.807) is 21.3 Å². The summed E-state index contributed by atoms with van der Waals surface area (Å²) in [5.41, 5.74) is 1.93. The van der Waals surface area contributed by atoms with Crippen LogP contribution in [0.5, 0.6) is 23.0 Å². The number of hydrogen-bond acceptors (Lipinski definition) is 5. The smallest absolute Gasteiger partial charge is 0.203 e. The van der Waals surface area contributed by atoms with Crippen LogP contribution in [0, 0.1) is 11.3 Å². The van der Waals surface area contributed by atoms with E-state index in [9.17, 15) is 4.79 Å². The Morgan fingerprint density at radius 1 is 0.939 bits per heavy atom. The molecule has 1 saturated carbocycles. The van der Waals surface area contributed by atoms with Crippen molar-refractivity contribution in [3.8, 4) is 23.0 Å². The van der Waals surface area contributed by atoms with Crippen molar-refractivity contribution < 1.29 is 23.7 Å². The second-order valence-corrected chi connectivity index (χ2v) is 9.83. The molecular formula is C28H30O5. The largest absolute Gasteiger partial charge is 0.493 e. The topological polar surface area (TPSA) is 54.0 Å². The van der Waals surface area contributed by atoms with Gasteiger partial charge in [-0.15, -0.1) is 0 Å². The molecule has 0 spiro atoms. The summed E-state index contributed by atoms with van der Waals surface area (Å²) in [6.07, 6.45) is 1.19. The molecule has 0 radical (unpaired) electrons. The lowest BCUT2D eigenvalue weighted by atomic mass is 9.63. The fraction of sp³-hybridized carbons (Fsp3) is 0.393. The van der Waals surface area contributed by atoms with Crippen molar-refractivity contribution in [2.75, 3.05) is 21.3 Å². The molecule has 0 N–H and O–H groups in total. The molecule has 0 saturated heterocycles. The zero-order valence-electron chi connectivity index (χ0n) is 19.8. The number of carbonyl (C=O) groups is 1. The lowest BCUT2D eigenvalue weighted by Gasteiger charge is -2.46. The molecule has 1 aliphatic carbocycles. The highest BCUT2D eigenvalue weighted by Crippen LogP contribution is 2.54. The molecule has 33 heavy (non-hydrogen) atoms. The fourth-order valence-corrected chi connectivity index (χ4v) is 5.75. The monoisotopic (exact) mass is 446 g/mol. The fourth-order valence-electron chi connectivity index (χ4n) is 5.75. The molecule has 0 bridgehead atoms. The Balaban J connectivity index is 1.79. The molecule has 5 rings (SSSR count). The second-order valence-electron chi connectivity index (χ2n) is 9.83. The minimum Gasteiger partial charge on any atom is -0.493 e. The van der Waals surface area contributed by atoms with Crippen LogP contribution in [0.15, 0.2) is 48.5 Å². The number of methoxy groups -OCH3 is 3. The van der Waals surface area contributed by atoms with Crippen LogP contribution in [0.4, 0.5) is 0 Å². The number of ether oxygens (including phenoxy) is 4. The molecule has 2 aliphatic rings. The number of rotatable bonds is 4. The van der Waals surface area contributed by atoms with Gasteiger partial charge < -0.3 is 18.9 Å². The lowest BCUT2D eigenvalue weighted by Crippen LogP contribution is -2.48. The molecule has 0 amide bonds. The molecule has 5 heteroatoms. The van der Waals surface area contributed by atoms with Crippen molar-refractivity contribution in [3.05, 3.63) is 59.7 Å². The van der Waals surface area contributed by atoms with Crippen LogP contribution >= 0.6 is 0 Å². The summed E-state index contributed by atoms with van der Waals surface area (Å²) >= 11 is 0. The third kappa shape index (κ3) is 3.50. The Hall–Kier alpha value is -3.21. The van der Waals surface area contributed by atoms with Crippen molar-refractivity contribution in [2.45, 2.75) is 38.7 Å². The first-order valence-corrected chi connectivity index (χ1v) is 11.4. The minimum atomic E-state index is -0.279. The quantitative estimate of drug-likeness (QED) is 0.510. The number of Topliss-reactive ketones (excluding diaryl/α,β-unsaturated/α-hetero) is 1. The molecule has 5 nitrogen and oxygen atoms in total. The highest BCUT2D eigenvalue weighted by atomic mass is 16.5. The number of benzene rings is 3. The van der Waals surface area contributed by atoms with Crippen LogP contribution in [0.3, 0.4) is 0 Å². The first kappa shape index (κ1) is 21.6. The van der Waals surface area contributed by atoms with E-state index in [1.165, 1.54) is 0 Å². The number of ketones is 1. The van der Waals surface area contributed by atoms with E-state index in [0.29, 0.717) is 23.7 Å². The van der Waals surface area contributed by atoms with Crippen LogP contribution in [-0.4, -0.2) is 33.2 Å². The molecular weight excluding hydrogens is 416 g/mol. The number of carbonyl (C=O) groups excluding carboxylic acids is 1. The first-order valence-electron chi connectivity index (χ1n) is 11.4. The SMILES string of the molecule is COc1cc(C2c3c(ccc4ccccc34)OC3CC(C)(C)CC(=O)C32)cc(OC)c1OC. The zero-order chi connectivity index (χ0) is 23.3. The first-order chi connectivity index (χ1) is 15.9. The summed E-state index contributed by atoms with van der Waals surface area (Å²) in [5, 5.41) is 2.23. The summed E-state index contributed by atoms with van der Waals surface area (Å²) in [7, 11) is 4.83. The van der Waals surface area contributed by atoms with Crippen molar-refractivity contribution in [3.63, 3.8) is 0 Å². The van der Waals surface area contributed by atoms with E-state index in [4.69, 9.17) is 18.9 Å². The van der Waals surface area contributed by atoms with Gasteiger partial charge in [-0.2, -0.15) is 0 Å². The molecule has 3 aromatic rings. The molecule has 1 aliphatic heterocycles. The maximum Gasteiger partial charge on any atom is 0.203 e. The van der Waals surface area contributed by atoms with Crippen LogP contribution in [0.25, 0.3) is 10.8 Å². The predicted molar refractivity (Wildman–Crippen MR) is 128 cm³/mol. The third-order valence-electron chi connectivity index (χ3n) is 7.10. The standard InChI is InChI=1S/C28H30O5/c1-28(2)14-19(29)26-23(15-28)33-20-11-10-16-8-6-7-9-18(16)25(20)24(26)17-12-21(30-3)27(32-5)22(13-17)31-4/h6-13,23-24,26H,14-15H2,1-5H3. The van der Waals surface area contributed by atoms with Crippen LogP contribution in [0.1, 0.15) is 43.7 Å². The summed E-state index contributed by atoms with van der Waals surface area (Å²) in [4.78, 5) is 13.6. The molecule has 3 unspecified atom stereocenters. The molecule has 1 fully saturated rings. The van der Waals surface area contributed by atoms with Crippen molar-refractivity contribution >= 4 is 16.6 Å². The van der Waals surface area contributed by atoms with Crippen molar-refractivity contribution in [2.24, 2.45) is 11.3 Å². The summed E-state index contributed by atoms with van der Waals surface area (Å²) in [6, 6.07) is 16.4. The van der Waals surface area contributed by atoms with E-state index in [2.05, 4.69) is 32.0 Å². The van der Waals surface area contributed by atoms with E-state index in [-0.39, 0.29) is 29.1 Å². The van der Waals surface area contributed by atoms with Gasteiger partial charge in [0, 0.05) is 17.9 Å². The van der Waals surface area contributed by atoms with Crippen LogP contribution < -0.4 is 18.9 Å². The Morgan fingerprint density at radius 2 is 1.64 bits per heavy atom. The molecule has 0 aromatic heterocycles. The maximum atomic E-state index is 13.6. The van der Waals surface area contributed by atoms with Gasteiger partial charge in [-0.25, -0.2) is 0 Å². The van der Waals surface area contributed by atoms with Gasteiger partial charge in [-0.3, -0.25) is 4.79 Å². The average Bonchev–Trinajstić information content (AvgIpc) is 2.80. The normalized spacial score (nSPS) is 23.3. The van der Waals surface area contributed by atoms with E-state index in [1.807, 2.05) is 30.3 Å². The summed E-state index contributed by atoms with van der Waals surface area (Å²) < 4.78 is 23.4. The Kier molecular flexibility index (Phi) is 5.23. The minimum absolute atomic E-state index is 0.0908. The third-order valence-corrected chi connectivity index (χ3v) is 7.10.